The van der Waals surface area contributed by atoms with Crippen LogP contribution in [0.4, 0.5) is 5.82 Å². The smallest absolute Gasteiger partial charge is 0.221 e. The minimum atomic E-state index is -0.101. The lowest BCUT2D eigenvalue weighted by Crippen LogP contribution is -2.31. The number of hydrogen-bond acceptors (Lipinski definition) is 4. The summed E-state index contributed by atoms with van der Waals surface area (Å²) in [6, 6.07) is 3.91. The fraction of sp³-hybridized carbons (Fsp3) is 0.600. The third kappa shape index (κ3) is 4.49. The van der Waals surface area contributed by atoms with Gasteiger partial charge in [-0.15, -0.1) is 0 Å². The monoisotopic (exact) mass is 276 g/mol. The summed E-state index contributed by atoms with van der Waals surface area (Å²) in [5, 5.41) is 2.90. The van der Waals surface area contributed by atoms with E-state index in [1.807, 2.05) is 19.2 Å². The summed E-state index contributed by atoms with van der Waals surface area (Å²) >= 11 is 0. The molecule has 110 valence electrons. The first-order valence-corrected chi connectivity index (χ1v) is 7.37. The normalized spacial score (nSPS) is 16.8. The Kier molecular flexibility index (Phi) is 5.35. The van der Waals surface area contributed by atoms with E-state index in [9.17, 15) is 4.79 Å². The van der Waals surface area contributed by atoms with Crippen LogP contribution in [0.3, 0.4) is 0 Å². The van der Waals surface area contributed by atoms with Crippen molar-refractivity contribution in [3.05, 3.63) is 23.9 Å². The van der Waals surface area contributed by atoms with Crippen LogP contribution in [0, 0.1) is 0 Å². The lowest BCUT2D eigenvalue weighted by atomic mass is 10.1. The van der Waals surface area contributed by atoms with Crippen LogP contribution in [0.15, 0.2) is 18.3 Å². The first-order valence-electron chi connectivity index (χ1n) is 7.37. The highest BCUT2D eigenvalue weighted by molar-refractivity contribution is 5.76. The van der Waals surface area contributed by atoms with E-state index in [2.05, 4.69) is 21.3 Å². The molecule has 1 amide bonds. The van der Waals surface area contributed by atoms with Crippen LogP contribution in [0.25, 0.3) is 0 Å². The molecule has 2 rings (SSSR count). The highest BCUT2D eigenvalue weighted by Crippen LogP contribution is 2.18. The van der Waals surface area contributed by atoms with Crippen LogP contribution in [-0.4, -0.2) is 30.0 Å². The van der Waals surface area contributed by atoms with Crippen molar-refractivity contribution in [1.82, 2.24) is 10.3 Å². The number of amides is 1. The third-order valence-corrected chi connectivity index (χ3v) is 3.49. The molecule has 1 unspecified atom stereocenters. The molecule has 1 fully saturated rings. The number of pyridine rings is 1. The number of rotatable bonds is 5. The second-order valence-electron chi connectivity index (χ2n) is 5.53. The summed E-state index contributed by atoms with van der Waals surface area (Å²) in [6.07, 6.45) is 5.96. The van der Waals surface area contributed by atoms with Gasteiger partial charge in [0.25, 0.3) is 0 Å². The molecule has 0 bridgehead atoms. The number of nitrogens with two attached hydrogens (primary N) is 1. The Morgan fingerprint density at radius 2 is 2.20 bits per heavy atom. The van der Waals surface area contributed by atoms with Crippen molar-refractivity contribution in [3.8, 4) is 0 Å². The number of carbonyl (C=O) groups excluding carboxylic acids is 1. The molecule has 5 nitrogen and oxygen atoms in total. The van der Waals surface area contributed by atoms with Gasteiger partial charge in [-0.25, -0.2) is 4.98 Å². The van der Waals surface area contributed by atoms with Gasteiger partial charge in [-0.1, -0.05) is 0 Å². The van der Waals surface area contributed by atoms with Crippen LogP contribution in [0.2, 0.25) is 0 Å². The zero-order valence-corrected chi connectivity index (χ0v) is 12.1. The zero-order valence-electron chi connectivity index (χ0n) is 12.1. The van der Waals surface area contributed by atoms with E-state index in [4.69, 9.17) is 5.73 Å². The highest BCUT2D eigenvalue weighted by atomic mass is 16.1. The van der Waals surface area contributed by atoms with E-state index < -0.39 is 0 Å². The van der Waals surface area contributed by atoms with Crippen molar-refractivity contribution in [2.24, 2.45) is 5.73 Å². The molecule has 1 aromatic rings. The van der Waals surface area contributed by atoms with Gasteiger partial charge in [0.15, 0.2) is 0 Å². The molecule has 1 aliphatic heterocycles. The Morgan fingerprint density at radius 1 is 1.45 bits per heavy atom. The fourth-order valence-corrected chi connectivity index (χ4v) is 2.43. The highest BCUT2D eigenvalue weighted by Gasteiger charge is 2.12. The van der Waals surface area contributed by atoms with Gasteiger partial charge in [0, 0.05) is 38.3 Å². The quantitative estimate of drug-likeness (QED) is 0.853. The predicted octanol–water partition coefficient (Wildman–Crippen LogP) is 1.43. The van der Waals surface area contributed by atoms with Gasteiger partial charge in [0.05, 0.1) is 0 Å². The van der Waals surface area contributed by atoms with Crippen molar-refractivity contribution in [2.75, 3.05) is 18.0 Å². The van der Waals surface area contributed by atoms with Gasteiger partial charge >= 0.3 is 0 Å². The average molecular weight is 276 g/mol. The van der Waals surface area contributed by atoms with E-state index in [0.29, 0.717) is 13.0 Å². The maximum absolute atomic E-state index is 11.6. The van der Waals surface area contributed by atoms with Gasteiger partial charge in [-0.05, 0) is 43.9 Å². The summed E-state index contributed by atoms with van der Waals surface area (Å²) in [7, 11) is 0. The molecule has 2 heterocycles. The Hall–Kier alpha value is -1.62. The van der Waals surface area contributed by atoms with E-state index in [-0.39, 0.29) is 11.9 Å². The number of nitrogens with one attached hydrogen (secondary N) is 1. The number of anilines is 1. The molecule has 1 atom stereocenters. The van der Waals surface area contributed by atoms with Crippen LogP contribution in [0.1, 0.15) is 38.2 Å². The summed E-state index contributed by atoms with van der Waals surface area (Å²) in [5.74, 6) is 1.01. The van der Waals surface area contributed by atoms with E-state index in [1.54, 1.807) is 0 Å². The lowest BCUT2D eigenvalue weighted by Gasteiger charge is -2.27. The van der Waals surface area contributed by atoms with Gasteiger partial charge in [0.1, 0.15) is 5.82 Å². The molecule has 5 heteroatoms. The van der Waals surface area contributed by atoms with E-state index in [1.165, 1.54) is 19.3 Å². The van der Waals surface area contributed by atoms with Crippen molar-refractivity contribution in [3.63, 3.8) is 0 Å². The number of nitrogens with zero attached hydrogens (tertiary/aromatic N) is 2. The van der Waals surface area contributed by atoms with Gasteiger partial charge in [0.2, 0.25) is 5.91 Å². The first-order chi connectivity index (χ1) is 9.65. The molecule has 0 aromatic carbocycles. The molecule has 1 aliphatic rings. The first kappa shape index (κ1) is 14.8. The summed E-state index contributed by atoms with van der Waals surface area (Å²) in [6.45, 7) is 4.52. The van der Waals surface area contributed by atoms with Gasteiger partial charge in [-0.2, -0.15) is 0 Å². The largest absolute Gasteiger partial charge is 0.357 e. The number of piperidine rings is 1. The minimum absolute atomic E-state index is 0.00339. The summed E-state index contributed by atoms with van der Waals surface area (Å²) in [4.78, 5) is 18.3. The van der Waals surface area contributed by atoms with Gasteiger partial charge < -0.3 is 16.0 Å². The summed E-state index contributed by atoms with van der Waals surface area (Å²) in [5.41, 5.74) is 6.69. The van der Waals surface area contributed by atoms with E-state index in [0.717, 1.165) is 24.5 Å². The maximum Gasteiger partial charge on any atom is 0.221 e. The van der Waals surface area contributed by atoms with Crippen LogP contribution < -0.4 is 16.0 Å². The Morgan fingerprint density at radius 3 is 2.90 bits per heavy atom. The van der Waals surface area contributed by atoms with E-state index >= 15 is 0 Å². The number of hydrogen-bond donors (Lipinski definition) is 2. The predicted molar refractivity (Wildman–Crippen MR) is 80.4 cm³/mol. The van der Waals surface area contributed by atoms with Gasteiger partial charge in [-0.3, -0.25) is 4.79 Å². The van der Waals surface area contributed by atoms with Crippen molar-refractivity contribution in [2.45, 2.75) is 45.2 Å². The molecule has 0 saturated carbocycles. The molecular weight excluding hydrogens is 252 g/mol. The molecule has 1 saturated heterocycles. The second kappa shape index (κ2) is 7.24. The Bertz CT molecular complexity index is 441. The summed E-state index contributed by atoms with van der Waals surface area (Å²) < 4.78 is 0. The molecule has 0 radical (unpaired) electrons. The Labute approximate surface area is 120 Å². The molecule has 0 spiro atoms. The average Bonchev–Trinajstić information content (AvgIpc) is 2.46. The van der Waals surface area contributed by atoms with Crippen molar-refractivity contribution in [1.29, 1.82) is 0 Å². The van der Waals surface area contributed by atoms with Crippen molar-refractivity contribution >= 4 is 11.7 Å². The number of carbonyl (C=O) groups is 1. The van der Waals surface area contributed by atoms with Crippen LogP contribution in [0.5, 0.6) is 0 Å². The molecular formula is C15H24N4O. The third-order valence-electron chi connectivity index (χ3n) is 3.49. The minimum Gasteiger partial charge on any atom is -0.357 e. The fourth-order valence-electron chi connectivity index (χ4n) is 2.43. The number of aromatic nitrogens is 1. The zero-order chi connectivity index (χ0) is 14.4. The SMILES string of the molecule is CC(N)CC(=O)NCc1ccnc(N2CCCCC2)c1. The standard InChI is InChI=1S/C15H24N4O/c1-12(16)9-15(20)18-11-13-5-6-17-14(10-13)19-7-3-2-4-8-19/h5-6,10,12H,2-4,7-9,11,16H2,1H3,(H,18,20). The Balaban J connectivity index is 1.90. The van der Waals surface area contributed by atoms with Crippen LogP contribution in [-0.2, 0) is 11.3 Å². The maximum atomic E-state index is 11.6. The second-order valence-corrected chi connectivity index (χ2v) is 5.53. The molecule has 1 aromatic heterocycles. The van der Waals surface area contributed by atoms with Crippen molar-refractivity contribution < 1.29 is 4.79 Å². The lowest BCUT2D eigenvalue weighted by molar-refractivity contribution is -0.121. The topological polar surface area (TPSA) is 71.2 Å². The molecule has 20 heavy (non-hydrogen) atoms. The molecule has 0 aliphatic carbocycles. The van der Waals surface area contributed by atoms with Crippen LogP contribution >= 0.6 is 0 Å². The molecule has 3 N–H and O–H groups in total.